The van der Waals surface area contributed by atoms with Crippen LogP contribution in [0.4, 0.5) is 39.5 Å². The highest BCUT2D eigenvalue weighted by molar-refractivity contribution is 5.34. The molecule has 2 aromatic rings. The molecule has 0 spiro atoms. The number of hydrogen-bond acceptors (Lipinski definition) is 4. The van der Waals surface area contributed by atoms with E-state index in [4.69, 9.17) is 0 Å². The van der Waals surface area contributed by atoms with E-state index in [0.717, 1.165) is 17.3 Å². The first-order valence-corrected chi connectivity index (χ1v) is 9.00. The van der Waals surface area contributed by atoms with Gasteiger partial charge in [-0.2, -0.15) is 35.8 Å². The molecular weight excluding hydrogens is 461 g/mol. The fourth-order valence-corrected chi connectivity index (χ4v) is 4.08. The molecule has 178 valence electrons. The molecule has 3 rings (SSSR count). The average molecular weight is 477 g/mol. The molecule has 2 N–H and O–H groups in total. The third kappa shape index (κ3) is 3.17. The van der Waals surface area contributed by atoms with E-state index in [1.807, 2.05) is 0 Å². The first kappa shape index (κ1) is 24.3. The van der Waals surface area contributed by atoms with Crippen LogP contribution in [0.1, 0.15) is 25.3 Å². The predicted molar refractivity (Wildman–Crippen MR) is 88.5 cm³/mol. The van der Waals surface area contributed by atoms with Crippen molar-refractivity contribution in [2.24, 2.45) is 5.41 Å². The third-order valence-corrected chi connectivity index (χ3v) is 6.07. The number of nitrogens with zero attached hydrogens (tertiary/aromatic N) is 3. The Labute approximate surface area is 174 Å². The van der Waals surface area contributed by atoms with Gasteiger partial charge in [0.1, 0.15) is 35.5 Å². The summed E-state index contributed by atoms with van der Waals surface area (Å²) in [6.07, 6.45) is -6.27. The van der Waals surface area contributed by atoms with E-state index in [1.54, 1.807) is 0 Å². The summed E-state index contributed by atoms with van der Waals surface area (Å²) in [6.45, 7) is -0.952. The second-order valence-electron chi connectivity index (χ2n) is 7.88. The molecule has 2 unspecified atom stereocenters. The molecule has 32 heavy (non-hydrogen) atoms. The average Bonchev–Trinajstić information content (AvgIpc) is 3.34. The van der Waals surface area contributed by atoms with E-state index < -0.39 is 71.2 Å². The highest BCUT2D eigenvalue weighted by Crippen LogP contribution is 2.70. The minimum atomic E-state index is -6.75. The van der Waals surface area contributed by atoms with Gasteiger partial charge in [0.05, 0.1) is 6.54 Å². The van der Waals surface area contributed by atoms with Crippen LogP contribution in [-0.4, -0.2) is 48.6 Å². The normalized spacial score (nSPS) is 20.5. The molecule has 0 radical (unpaired) electrons. The second kappa shape index (κ2) is 7.07. The van der Waals surface area contributed by atoms with Crippen LogP contribution >= 0.6 is 0 Å². The Morgan fingerprint density at radius 1 is 1.00 bits per heavy atom. The monoisotopic (exact) mass is 477 g/mol. The number of rotatable bonds is 7. The Morgan fingerprint density at radius 3 is 2.03 bits per heavy atom. The molecule has 0 saturated heterocycles. The number of hydrogen-bond donors (Lipinski definition) is 2. The maximum atomic E-state index is 14.7. The van der Waals surface area contributed by atoms with E-state index in [1.165, 1.54) is 0 Å². The van der Waals surface area contributed by atoms with Gasteiger partial charge in [-0.15, -0.1) is 0 Å². The van der Waals surface area contributed by atoms with E-state index in [9.17, 15) is 49.7 Å². The standard InChI is InChI=1S/C18H16F9N3O2/c1-13(31,16(21,22)17(23,24)18(25,26)27)14(4-5-14)15(32,7-30-9-28-8-29-30)11-3-2-10(19)6-12(11)20/h2-3,6,8-9,31-32H,4-5,7H2,1H3. The number of benzene rings is 1. The first-order chi connectivity index (χ1) is 14.4. The quantitative estimate of drug-likeness (QED) is 0.596. The van der Waals surface area contributed by atoms with E-state index >= 15 is 0 Å². The zero-order valence-corrected chi connectivity index (χ0v) is 16.1. The van der Waals surface area contributed by atoms with Crippen LogP contribution in [0, 0.1) is 17.0 Å². The van der Waals surface area contributed by atoms with Crippen molar-refractivity contribution in [2.45, 2.75) is 55.5 Å². The molecule has 0 bridgehead atoms. The molecule has 1 fully saturated rings. The Morgan fingerprint density at radius 2 is 1.59 bits per heavy atom. The highest BCUT2D eigenvalue weighted by atomic mass is 19.4. The molecular formula is C18H16F9N3O2. The molecule has 1 aliphatic carbocycles. The van der Waals surface area contributed by atoms with Crippen LogP contribution in [0.3, 0.4) is 0 Å². The Balaban J connectivity index is 2.22. The van der Waals surface area contributed by atoms with Crippen molar-refractivity contribution in [3.8, 4) is 0 Å². The third-order valence-electron chi connectivity index (χ3n) is 6.07. The maximum Gasteiger partial charge on any atom is 0.459 e. The van der Waals surface area contributed by atoms with Crippen LogP contribution in [0.2, 0.25) is 0 Å². The smallest absolute Gasteiger partial charge is 0.383 e. The lowest BCUT2D eigenvalue weighted by atomic mass is 9.65. The largest absolute Gasteiger partial charge is 0.459 e. The highest BCUT2D eigenvalue weighted by Gasteiger charge is 2.85. The molecule has 1 aromatic heterocycles. The van der Waals surface area contributed by atoms with Crippen LogP contribution < -0.4 is 0 Å². The van der Waals surface area contributed by atoms with Crippen molar-refractivity contribution in [2.75, 3.05) is 0 Å². The van der Waals surface area contributed by atoms with Gasteiger partial charge in [-0.1, -0.05) is 6.07 Å². The SMILES string of the molecule is CC(O)(C(F)(F)C(F)(F)C(F)(F)F)C1(C(O)(Cn2cncn2)c2ccc(F)cc2F)CC1. The number of halogens is 9. The minimum Gasteiger partial charge on any atom is -0.383 e. The van der Waals surface area contributed by atoms with Crippen LogP contribution in [0.15, 0.2) is 30.9 Å². The molecule has 0 amide bonds. The molecule has 14 heteroatoms. The van der Waals surface area contributed by atoms with Crippen molar-refractivity contribution < 1.29 is 49.7 Å². The van der Waals surface area contributed by atoms with Gasteiger partial charge < -0.3 is 10.2 Å². The fraction of sp³-hybridized carbons (Fsp3) is 0.556. The second-order valence-corrected chi connectivity index (χ2v) is 7.88. The van der Waals surface area contributed by atoms with Crippen molar-refractivity contribution >= 4 is 0 Å². The maximum absolute atomic E-state index is 14.7. The summed E-state index contributed by atoms with van der Waals surface area (Å²) in [5.41, 5.74) is -10.9. The summed E-state index contributed by atoms with van der Waals surface area (Å²) in [7, 11) is 0. The van der Waals surface area contributed by atoms with Crippen molar-refractivity contribution in [3.63, 3.8) is 0 Å². The predicted octanol–water partition coefficient (Wildman–Crippen LogP) is 3.81. The Bertz CT molecular complexity index is 988. The minimum absolute atomic E-state index is 0.0212. The lowest BCUT2D eigenvalue weighted by Gasteiger charge is -2.49. The van der Waals surface area contributed by atoms with Crippen LogP contribution in [-0.2, 0) is 12.1 Å². The van der Waals surface area contributed by atoms with Crippen molar-refractivity contribution in [1.82, 2.24) is 14.8 Å². The Kier molecular flexibility index (Phi) is 5.37. The van der Waals surface area contributed by atoms with Gasteiger partial charge in [-0.25, -0.2) is 18.4 Å². The van der Waals surface area contributed by atoms with Gasteiger partial charge in [0.2, 0.25) is 0 Å². The first-order valence-electron chi connectivity index (χ1n) is 9.00. The zero-order valence-electron chi connectivity index (χ0n) is 16.1. The van der Waals surface area contributed by atoms with E-state index in [-0.39, 0.29) is 13.0 Å². The lowest BCUT2D eigenvalue weighted by Crippen LogP contribution is -2.69. The summed E-state index contributed by atoms with van der Waals surface area (Å²) in [6, 6.07) is 1.50. The summed E-state index contributed by atoms with van der Waals surface area (Å²) in [5, 5.41) is 25.6. The number of aliphatic hydroxyl groups is 2. The number of alkyl halides is 7. The summed E-state index contributed by atoms with van der Waals surface area (Å²) >= 11 is 0. The zero-order chi connectivity index (χ0) is 24.4. The van der Waals surface area contributed by atoms with Gasteiger partial charge in [0.15, 0.2) is 0 Å². The van der Waals surface area contributed by atoms with Gasteiger partial charge >= 0.3 is 18.0 Å². The van der Waals surface area contributed by atoms with E-state index in [0.29, 0.717) is 12.1 Å². The van der Waals surface area contributed by atoms with Crippen molar-refractivity contribution in [3.05, 3.63) is 48.1 Å². The molecule has 1 aromatic carbocycles. The van der Waals surface area contributed by atoms with Crippen molar-refractivity contribution in [1.29, 1.82) is 0 Å². The molecule has 1 aliphatic rings. The topological polar surface area (TPSA) is 71.2 Å². The molecule has 1 saturated carbocycles. The van der Waals surface area contributed by atoms with E-state index in [2.05, 4.69) is 10.1 Å². The fourth-order valence-electron chi connectivity index (χ4n) is 4.08. The van der Waals surface area contributed by atoms with Gasteiger partial charge in [-0.05, 0) is 25.8 Å². The van der Waals surface area contributed by atoms with Gasteiger partial charge in [-0.3, -0.25) is 0 Å². The van der Waals surface area contributed by atoms with Crippen LogP contribution in [0.25, 0.3) is 0 Å². The summed E-state index contributed by atoms with van der Waals surface area (Å²) in [4.78, 5) is 3.53. The van der Waals surface area contributed by atoms with Gasteiger partial charge in [0, 0.05) is 17.0 Å². The Hall–Kier alpha value is -2.35. The molecule has 1 heterocycles. The molecule has 0 aliphatic heterocycles. The molecule has 2 atom stereocenters. The lowest BCUT2D eigenvalue weighted by molar-refractivity contribution is -0.400. The van der Waals surface area contributed by atoms with Gasteiger partial charge in [0.25, 0.3) is 0 Å². The van der Waals surface area contributed by atoms with Crippen LogP contribution in [0.5, 0.6) is 0 Å². The summed E-state index contributed by atoms with van der Waals surface area (Å²) in [5.74, 6) is -15.5. The molecule has 5 nitrogen and oxygen atoms in total. The summed E-state index contributed by atoms with van der Waals surface area (Å²) < 4.78 is 124. The number of aromatic nitrogens is 3.